The Balaban J connectivity index is 2.92. The van der Waals surface area contributed by atoms with Crippen molar-refractivity contribution in [3.8, 4) is 0 Å². The standard InChI is InChI=1S/C13H15ClF3NO/c1-7(2)10(5-6-14)18-13(19)8-3-4-9(15)12(17)11(8)16/h3-4,7,10H,5-6H2,1-2H3,(H,18,19). The molecule has 0 saturated carbocycles. The SMILES string of the molecule is CC(C)C(CCCl)NC(=O)c1ccc(F)c(F)c1F. The first kappa shape index (κ1) is 15.8. The first-order chi connectivity index (χ1) is 8.88. The van der Waals surface area contributed by atoms with Crippen molar-refractivity contribution in [2.45, 2.75) is 26.3 Å². The van der Waals surface area contributed by atoms with Crippen molar-refractivity contribution in [1.82, 2.24) is 5.32 Å². The van der Waals surface area contributed by atoms with E-state index in [1.807, 2.05) is 13.8 Å². The summed E-state index contributed by atoms with van der Waals surface area (Å²) in [4.78, 5) is 11.8. The maximum Gasteiger partial charge on any atom is 0.254 e. The monoisotopic (exact) mass is 293 g/mol. The molecule has 2 nitrogen and oxygen atoms in total. The fourth-order valence-corrected chi connectivity index (χ4v) is 1.87. The van der Waals surface area contributed by atoms with Crippen LogP contribution in [0.25, 0.3) is 0 Å². The van der Waals surface area contributed by atoms with Gasteiger partial charge in [-0.2, -0.15) is 0 Å². The molecule has 0 fully saturated rings. The van der Waals surface area contributed by atoms with E-state index in [0.29, 0.717) is 12.3 Å². The van der Waals surface area contributed by atoms with E-state index in [0.717, 1.165) is 12.1 Å². The molecule has 106 valence electrons. The molecular weight excluding hydrogens is 279 g/mol. The van der Waals surface area contributed by atoms with Gasteiger partial charge in [0.1, 0.15) is 0 Å². The number of carbonyl (C=O) groups excluding carboxylic acids is 1. The normalized spacial score (nSPS) is 12.6. The van der Waals surface area contributed by atoms with Gasteiger partial charge in [-0.15, -0.1) is 11.6 Å². The van der Waals surface area contributed by atoms with Gasteiger partial charge in [-0.25, -0.2) is 13.2 Å². The molecule has 0 aliphatic rings. The van der Waals surface area contributed by atoms with Gasteiger partial charge in [-0.1, -0.05) is 13.8 Å². The van der Waals surface area contributed by atoms with Gasteiger partial charge < -0.3 is 5.32 Å². The zero-order chi connectivity index (χ0) is 14.6. The van der Waals surface area contributed by atoms with Crippen LogP contribution in [0, 0.1) is 23.4 Å². The Morgan fingerprint density at radius 2 is 1.89 bits per heavy atom. The molecule has 0 aliphatic heterocycles. The second-order valence-corrected chi connectivity index (χ2v) is 4.90. The number of hydrogen-bond donors (Lipinski definition) is 1. The summed E-state index contributed by atoms with van der Waals surface area (Å²) in [6.45, 7) is 3.75. The number of alkyl halides is 1. The highest BCUT2D eigenvalue weighted by Crippen LogP contribution is 2.16. The Labute approximate surface area is 114 Å². The fourth-order valence-electron chi connectivity index (χ4n) is 1.64. The lowest BCUT2D eigenvalue weighted by molar-refractivity contribution is 0.0919. The highest BCUT2D eigenvalue weighted by Gasteiger charge is 2.22. The van der Waals surface area contributed by atoms with E-state index in [4.69, 9.17) is 11.6 Å². The summed E-state index contributed by atoms with van der Waals surface area (Å²) in [6, 6.07) is 1.39. The summed E-state index contributed by atoms with van der Waals surface area (Å²) in [5, 5.41) is 2.57. The summed E-state index contributed by atoms with van der Waals surface area (Å²) in [6.07, 6.45) is 0.510. The molecule has 0 aliphatic carbocycles. The second-order valence-electron chi connectivity index (χ2n) is 4.52. The third kappa shape index (κ3) is 3.86. The topological polar surface area (TPSA) is 29.1 Å². The minimum absolute atomic E-state index is 0.0936. The molecule has 1 N–H and O–H groups in total. The van der Waals surface area contributed by atoms with Crippen molar-refractivity contribution in [3.63, 3.8) is 0 Å². The van der Waals surface area contributed by atoms with Crippen LogP contribution in [0.2, 0.25) is 0 Å². The molecule has 0 saturated heterocycles. The van der Waals surface area contributed by atoms with Crippen molar-refractivity contribution in [2.24, 2.45) is 5.92 Å². The number of benzene rings is 1. The third-order valence-electron chi connectivity index (χ3n) is 2.82. The average Bonchev–Trinajstić information content (AvgIpc) is 2.35. The Bertz CT molecular complexity index is 465. The molecule has 1 aromatic carbocycles. The quantitative estimate of drug-likeness (QED) is 0.653. The summed E-state index contributed by atoms with van der Waals surface area (Å²) in [5.41, 5.74) is -0.515. The van der Waals surface area contributed by atoms with Crippen molar-refractivity contribution in [1.29, 1.82) is 0 Å². The van der Waals surface area contributed by atoms with E-state index in [2.05, 4.69) is 5.32 Å². The number of amides is 1. The first-order valence-corrected chi connectivity index (χ1v) is 6.42. The summed E-state index contributed by atoms with van der Waals surface area (Å²) in [5.74, 6) is -4.80. The molecule has 6 heteroatoms. The smallest absolute Gasteiger partial charge is 0.254 e. The van der Waals surface area contributed by atoms with Crippen molar-refractivity contribution >= 4 is 17.5 Å². The fraction of sp³-hybridized carbons (Fsp3) is 0.462. The Morgan fingerprint density at radius 3 is 2.42 bits per heavy atom. The van der Waals surface area contributed by atoms with Gasteiger partial charge in [0.2, 0.25) is 0 Å². The van der Waals surface area contributed by atoms with Crippen molar-refractivity contribution in [3.05, 3.63) is 35.1 Å². The largest absolute Gasteiger partial charge is 0.349 e. The van der Waals surface area contributed by atoms with E-state index < -0.39 is 28.9 Å². The van der Waals surface area contributed by atoms with E-state index in [1.54, 1.807) is 0 Å². The summed E-state index contributed by atoms with van der Waals surface area (Å²) >= 11 is 5.61. The second kappa shape index (κ2) is 6.80. The van der Waals surface area contributed by atoms with Crippen molar-refractivity contribution < 1.29 is 18.0 Å². The van der Waals surface area contributed by atoms with Crippen molar-refractivity contribution in [2.75, 3.05) is 5.88 Å². The third-order valence-corrected chi connectivity index (χ3v) is 3.04. The molecule has 0 radical (unpaired) electrons. The maximum atomic E-state index is 13.4. The molecule has 1 amide bonds. The summed E-state index contributed by atoms with van der Waals surface area (Å²) < 4.78 is 39.3. The minimum Gasteiger partial charge on any atom is -0.349 e. The molecule has 0 spiro atoms. The van der Waals surface area contributed by atoms with Crippen LogP contribution < -0.4 is 5.32 Å². The van der Waals surface area contributed by atoms with Crippen LogP contribution in [-0.4, -0.2) is 17.8 Å². The number of rotatable bonds is 5. The van der Waals surface area contributed by atoms with Crippen LogP contribution in [0.4, 0.5) is 13.2 Å². The average molecular weight is 294 g/mol. The van der Waals surface area contributed by atoms with Gasteiger partial charge in [0.15, 0.2) is 17.5 Å². The van der Waals surface area contributed by atoms with Gasteiger partial charge in [-0.3, -0.25) is 4.79 Å². The summed E-state index contributed by atoms with van der Waals surface area (Å²) in [7, 11) is 0. The zero-order valence-corrected chi connectivity index (χ0v) is 11.4. The molecule has 19 heavy (non-hydrogen) atoms. The molecule has 1 atom stereocenters. The Kier molecular flexibility index (Phi) is 5.66. The lowest BCUT2D eigenvalue weighted by Crippen LogP contribution is -2.39. The molecule has 0 aromatic heterocycles. The van der Waals surface area contributed by atoms with Gasteiger partial charge in [0, 0.05) is 11.9 Å². The predicted octanol–water partition coefficient (Wildman–Crippen LogP) is 3.49. The lowest BCUT2D eigenvalue weighted by Gasteiger charge is -2.21. The highest BCUT2D eigenvalue weighted by atomic mass is 35.5. The van der Waals surface area contributed by atoms with E-state index >= 15 is 0 Å². The maximum absolute atomic E-state index is 13.4. The van der Waals surface area contributed by atoms with Gasteiger partial charge >= 0.3 is 0 Å². The lowest BCUT2D eigenvalue weighted by atomic mass is 10.0. The predicted molar refractivity (Wildman–Crippen MR) is 67.7 cm³/mol. The van der Waals surface area contributed by atoms with Gasteiger partial charge in [-0.05, 0) is 24.5 Å². The molecule has 0 heterocycles. The van der Waals surface area contributed by atoms with Crippen LogP contribution in [0.1, 0.15) is 30.6 Å². The number of hydrogen-bond acceptors (Lipinski definition) is 1. The Morgan fingerprint density at radius 1 is 1.26 bits per heavy atom. The van der Waals surface area contributed by atoms with E-state index in [1.165, 1.54) is 0 Å². The highest BCUT2D eigenvalue weighted by molar-refractivity contribution is 6.17. The van der Waals surface area contributed by atoms with Gasteiger partial charge in [0.05, 0.1) is 5.56 Å². The molecule has 1 rings (SSSR count). The number of nitrogens with one attached hydrogen (secondary N) is 1. The van der Waals surface area contributed by atoms with Crippen LogP contribution >= 0.6 is 11.6 Å². The van der Waals surface area contributed by atoms with Crippen LogP contribution in [0.15, 0.2) is 12.1 Å². The van der Waals surface area contributed by atoms with E-state index in [9.17, 15) is 18.0 Å². The molecule has 0 bridgehead atoms. The molecule has 1 aromatic rings. The van der Waals surface area contributed by atoms with Crippen LogP contribution in [0.5, 0.6) is 0 Å². The van der Waals surface area contributed by atoms with Crippen LogP contribution in [0.3, 0.4) is 0 Å². The minimum atomic E-state index is -1.65. The van der Waals surface area contributed by atoms with Gasteiger partial charge in [0.25, 0.3) is 5.91 Å². The van der Waals surface area contributed by atoms with E-state index in [-0.39, 0.29) is 12.0 Å². The molecule has 1 unspecified atom stereocenters. The Hall–Kier alpha value is -1.23. The first-order valence-electron chi connectivity index (χ1n) is 5.88. The molecular formula is C13H15ClF3NO. The van der Waals surface area contributed by atoms with Crippen LogP contribution in [-0.2, 0) is 0 Å². The zero-order valence-electron chi connectivity index (χ0n) is 10.6. The number of carbonyl (C=O) groups is 1. The number of halogens is 4.